The van der Waals surface area contributed by atoms with E-state index in [0.717, 1.165) is 9.87 Å². The third-order valence-electron chi connectivity index (χ3n) is 5.91. The summed E-state index contributed by atoms with van der Waals surface area (Å²) in [6, 6.07) is 16.4. The Morgan fingerprint density at radius 3 is 2.05 bits per heavy atom. The molecule has 0 aliphatic rings. The molecule has 3 rings (SSSR count). The van der Waals surface area contributed by atoms with E-state index in [1.165, 1.54) is 41.3 Å². The van der Waals surface area contributed by atoms with Gasteiger partial charge in [0.2, 0.25) is 11.8 Å². The van der Waals surface area contributed by atoms with Crippen LogP contribution in [0.1, 0.15) is 25.0 Å². The van der Waals surface area contributed by atoms with Gasteiger partial charge in [-0.2, -0.15) is 0 Å². The van der Waals surface area contributed by atoms with Crippen molar-refractivity contribution in [3.8, 4) is 0 Å². The Morgan fingerprint density at radius 2 is 1.50 bits per heavy atom. The van der Waals surface area contributed by atoms with E-state index in [9.17, 15) is 18.0 Å². The number of sulfonamides is 1. The maximum Gasteiger partial charge on any atom is 0.264 e. The van der Waals surface area contributed by atoms with E-state index in [-0.39, 0.29) is 17.1 Å². The van der Waals surface area contributed by atoms with Crippen molar-refractivity contribution in [1.29, 1.82) is 0 Å². The van der Waals surface area contributed by atoms with Crippen molar-refractivity contribution in [3.05, 3.63) is 92.9 Å². The van der Waals surface area contributed by atoms with Crippen LogP contribution < -0.4 is 9.62 Å². The largest absolute Gasteiger partial charge is 0.355 e. The second-order valence-electron chi connectivity index (χ2n) is 8.59. The summed E-state index contributed by atoms with van der Waals surface area (Å²) >= 11 is 18.8. The third kappa shape index (κ3) is 6.99. The molecule has 0 spiro atoms. The molecule has 0 radical (unpaired) electrons. The van der Waals surface area contributed by atoms with Crippen LogP contribution in [0, 0.1) is 6.92 Å². The second-order valence-corrected chi connectivity index (χ2v) is 11.7. The first kappa shape index (κ1) is 29.8. The van der Waals surface area contributed by atoms with E-state index in [1.807, 2.05) is 6.92 Å². The van der Waals surface area contributed by atoms with Crippen LogP contribution in [0.4, 0.5) is 5.69 Å². The summed E-state index contributed by atoms with van der Waals surface area (Å²) in [5, 5.41) is 3.75. The number of hydrogen-bond donors (Lipinski definition) is 1. The van der Waals surface area contributed by atoms with Gasteiger partial charge in [-0.25, -0.2) is 8.42 Å². The Labute approximate surface area is 238 Å². The van der Waals surface area contributed by atoms with Gasteiger partial charge in [-0.1, -0.05) is 58.6 Å². The molecule has 38 heavy (non-hydrogen) atoms. The zero-order chi connectivity index (χ0) is 28.0. The highest BCUT2D eigenvalue weighted by molar-refractivity contribution is 7.92. The van der Waals surface area contributed by atoms with Crippen molar-refractivity contribution in [2.75, 3.05) is 17.4 Å². The highest BCUT2D eigenvalue weighted by Crippen LogP contribution is 2.29. The Morgan fingerprint density at radius 1 is 0.921 bits per heavy atom. The minimum atomic E-state index is -4.17. The van der Waals surface area contributed by atoms with Gasteiger partial charge in [0, 0.05) is 33.7 Å². The van der Waals surface area contributed by atoms with Gasteiger partial charge in [0.1, 0.15) is 12.6 Å². The number of anilines is 1. The molecule has 1 atom stereocenters. The molecule has 2 amide bonds. The number of nitrogens with zero attached hydrogens (tertiary/aromatic N) is 2. The molecule has 0 unspecified atom stereocenters. The maximum absolute atomic E-state index is 13.8. The molecule has 3 aromatic rings. The number of carbonyl (C=O) groups excluding carboxylic acids is 2. The number of rotatable bonds is 10. The zero-order valence-electron chi connectivity index (χ0n) is 21.1. The van der Waals surface area contributed by atoms with Crippen molar-refractivity contribution in [3.63, 3.8) is 0 Å². The summed E-state index contributed by atoms with van der Waals surface area (Å²) in [5.74, 6) is -1.02. The van der Waals surface area contributed by atoms with Gasteiger partial charge in [0.25, 0.3) is 10.0 Å². The van der Waals surface area contributed by atoms with Crippen LogP contribution in [0.2, 0.25) is 15.1 Å². The molecule has 202 valence electrons. The Bertz CT molecular complexity index is 1380. The lowest BCUT2D eigenvalue weighted by Crippen LogP contribution is -2.51. The number of hydrogen-bond acceptors (Lipinski definition) is 4. The fourth-order valence-corrected chi connectivity index (χ4v) is 5.79. The first-order chi connectivity index (χ1) is 17.9. The minimum Gasteiger partial charge on any atom is -0.355 e. The average molecular weight is 597 g/mol. The molecule has 0 aliphatic heterocycles. The van der Waals surface area contributed by atoms with Crippen molar-refractivity contribution in [1.82, 2.24) is 10.2 Å². The van der Waals surface area contributed by atoms with Gasteiger partial charge >= 0.3 is 0 Å². The van der Waals surface area contributed by atoms with Crippen LogP contribution in [-0.4, -0.2) is 44.3 Å². The van der Waals surface area contributed by atoms with Crippen molar-refractivity contribution < 1.29 is 18.0 Å². The molecular formula is C27H28Cl3N3O4S. The van der Waals surface area contributed by atoms with Crippen molar-refractivity contribution >= 4 is 62.3 Å². The van der Waals surface area contributed by atoms with Crippen LogP contribution >= 0.6 is 34.8 Å². The second kappa shape index (κ2) is 12.8. The van der Waals surface area contributed by atoms with Gasteiger partial charge in [-0.3, -0.25) is 13.9 Å². The first-order valence-corrected chi connectivity index (χ1v) is 14.4. The lowest BCUT2D eigenvalue weighted by atomic mass is 10.1. The predicted molar refractivity (Wildman–Crippen MR) is 152 cm³/mol. The monoisotopic (exact) mass is 595 g/mol. The van der Waals surface area contributed by atoms with Crippen molar-refractivity contribution in [2.45, 2.75) is 38.3 Å². The highest BCUT2D eigenvalue weighted by Gasteiger charge is 2.33. The lowest BCUT2D eigenvalue weighted by Gasteiger charge is -2.32. The lowest BCUT2D eigenvalue weighted by molar-refractivity contribution is -0.139. The molecule has 0 bridgehead atoms. The maximum atomic E-state index is 13.8. The smallest absolute Gasteiger partial charge is 0.264 e. The molecule has 0 heterocycles. The van der Waals surface area contributed by atoms with Gasteiger partial charge in [-0.05, 0) is 69.3 Å². The van der Waals surface area contributed by atoms with Crippen molar-refractivity contribution in [2.24, 2.45) is 0 Å². The van der Waals surface area contributed by atoms with E-state index in [2.05, 4.69) is 5.32 Å². The van der Waals surface area contributed by atoms with E-state index in [0.29, 0.717) is 27.2 Å². The molecule has 0 aromatic heterocycles. The number of aryl methyl sites for hydroxylation is 1. The van der Waals surface area contributed by atoms with Crippen LogP contribution in [-0.2, 0) is 26.2 Å². The summed E-state index contributed by atoms with van der Waals surface area (Å²) < 4.78 is 28.5. The summed E-state index contributed by atoms with van der Waals surface area (Å²) in [6.45, 7) is 4.85. The SMILES string of the molecule is CCNC(=O)[C@H](C)N(Cc1c(Cl)cccc1Cl)C(=O)CN(c1ccc(Cl)cc1)S(=O)(=O)c1ccc(C)cc1. The number of nitrogens with one attached hydrogen (secondary N) is 1. The molecule has 7 nitrogen and oxygen atoms in total. The molecular weight excluding hydrogens is 569 g/mol. The number of likely N-dealkylation sites (N-methyl/N-ethyl adjacent to an activating group) is 1. The van der Waals surface area contributed by atoms with E-state index in [4.69, 9.17) is 34.8 Å². The number of benzene rings is 3. The Hall–Kier alpha value is -2.78. The summed E-state index contributed by atoms with van der Waals surface area (Å²) in [6.07, 6.45) is 0. The molecule has 0 saturated heterocycles. The first-order valence-electron chi connectivity index (χ1n) is 11.8. The van der Waals surface area contributed by atoms with E-state index < -0.39 is 34.4 Å². The molecule has 1 N–H and O–H groups in total. The van der Waals surface area contributed by atoms with Crippen LogP contribution in [0.25, 0.3) is 0 Å². The standard InChI is InChI=1S/C27H28Cl3N3O4S/c1-4-31-27(35)19(3)32(16-23-24(29)6-5-7-25(23)30)26(34)17-33(21-12-10-20(28)11-13-21)38(36,37)22-14-8-18(2)9-15-22/h5-15,19H,4,16-17H2,1-3H3,(H,31,35)/t19-/m0/s1. The molecule has 0 saturated carbocycles. The summed E-state index contributed by atoms with van der Waals surface area (Å²) in [5.41, 5.74) is 1.57. The van der Waals surface area contributed by atoms with E-state index >= 15 is 0 Å². The van der Waals surface area contributed by atoms with Gasteiger partial charge in [0.05, 0.1) is 10.6 Å². The topological polar surface area (TPSA) is 86.8 Å². The van der Waals surface area contributed by atoms with Gasteiger partial charge in [0.15, 0.2) is 0 Å². The predicted octanol–water partition coefficient (Wildman–Crippen LogP) is 5.70. The van der Waals surface area contributed by atoms with Crippen LogP contribution in [0.5, 0.6) is 0 Å². The fourth-order valence-electron chi connectivity index (χ4n) is 3.73. The summed E-state index contributed by atoms with van der Waals surface area (Å²) in [4.78, 5) is 27.9. The third-order valence-corrected chi connectivity index (χ3v) is 8.66. The molecule has 11 heteroatoms. The quantitative estimate of drug-likeness (QED) is 0.325. The van der Waals surface area contributed by atoms with Gasteiger partial charge < -0.3 is 10.2 Å². The molecule has 3 aromatic carbocycles. The molecule has 0 aliphatic carbocycles. The summed E-state index contributed by atoms with van der Waals surface area (Å²) in [7, 11) is -4.17. The minimum absolute atomic E-state index is 0.0170. The van der Waals surface area contributed by atoms with Gasteiger partial charge in [-0.15, -0.1) is 0 Å². The number of amides is 2. The fraction of sp³-hybridized carbons (Fsp3) is 0.259. The van der Waals surface area contributed by atoms with E-state index in [1.54, 1.807) is 44.2 Å². The number of halogens is 3. The van der Waals surface area contributed by atoms with Crippen LogP contribution in [0.3, 0.4) is 0 Å². The normalized spacial score (nSPS) is 12.1. The number of carbonyl (C=O) groups is 2. The Kier molecular flexibility index (Phi) is 10.1. The average Bonchev–Trinajstić information content (AvgIpc) is 2.87. The molecule has 0 fully saturated rings. The Balaban J connectivity index is 2.06. The van der Waals surface area contributed by atoms with Crippen LogP contribution in [0.15, 0.2) is 71.6 Å². The zero-order valence-corrected chi connectivity index (χ0v) is 24.2. The highest BCUT2D eigenvalue weighted by atomic mass is 35.5.